The third-order valence-electron chi connectivity index (χ3n) is 7.49. The number of amides is 2. The highest BCUT2D eigenvalue weighted by Gasteiger charge is 2.49. The lowest BCUT2D eigenvalue weighted by Crippen LogP contribution is -2.49. The van der Waals surface area contributed by atoms with E-state index in [1.165, 1.54) is 11.1 Å². The van der Waals surface area contributed by atoms with Crippen molar-refractivity contribution in [1.29, 1.82) is 0 Å². The maximum absolute atomic E-state index is 13.4. The second kappa shape index (κ2) is 6.84. The Hall–Kier alpha value is -2.34. The Morgan fingerprint density at radius 1 is 1.17 bits per heavy atom. The Morgan fingerprint density at radius 3 is 2.63 bits per heavy atom. The number of carbonyl (C=O) groups excluding carboxylic acids is 2. The molecule has 1 saturated heterocycles. The van der Waals surface area contributed by atoms with Gasteiger partial charge in [0.15, 0.2) is 0 Å². The summed E-state index contributed by atoms with van der Waals surface area (Å²) in [5.74, 6) is 0.363. The Labute approximate surface area is 185 Å². The van der Waals surface area contributed by atoms with Crippen LogP contribution in [-0.4, -0.2) is 35.8 Å². The molecule has 2 amide bonds. The van der Waals surface area contributed by atoms with Crippen LogP contribution in [0.4, 0.5) is 5.69 Å². The van der Waals surface area contributed by atoms with Crippen LogP contribution in [0.2, 0.25) is 0 Å². The molecule has 0 bridgehead atoms. The lowest BCUT2D eigenvalue weighted by molar-refractivity contribution is -0.132. The summed E-state index contributed by atoms with van der Waals surface area (Å²) in [5, 5.41) is 6.54. The van der Waals surface area contributed by atoms with Crippen LogP contribution in [0.1, 0.15) is 39.2 Å². The van der Waals surface area contributed by atoms with Gasteiger partial charge in [-0.3, -0.25) is 9.59 Å². The van der Waals surface area contributed by atoms with Crippen molar-refractivity contribution in [1.82, 2.24) is 10.2 Å². The number of rotatable bonds is 1. The summed E-state index contributed by atoms with van der Waals surface area (Å²) in [4.78, 5) is 28.2. The number of carbonyl (C=O) groups is 2. The summed E-state index contributed by atoms with van der Waals surface area (Å²) in [6.45, 7) is 7.48. The van der Waals surface area contributed by atoms with Crippen molar-refractivity contribution in [2.24, 2.45) is 5.92 Å². The van der Waals surface area contributed by atoms with Gasteiger partial charge in [0, 0.05) is 29.2 Å². The van der Waals surface area contributed by atoms with Crippen LogP contribution in [-0.2, 0) is 15.0 Å². The predicted molar refractivity (Wildman–Crippen MR) is 121 cm³/mol. The maximum atomic E-state index is 13.4. The number of nitrogens with zero attached hydrogens (tertiary/aromatic N) is 1. The fourth-order valence-corrected chi connectivity index (χ4v) is 5.76. The zero-order chi connectivity index (χ0) is 21.2. The summed E-state index contributed by atoms with van der Waals surface area (Å²) >= 11 is 3.53. The first-order valence-electron chi connectivity index (χ1n) is 10.6. The van der Waals surface area contributed by atoms with Crippen molar-refractivity contribution in [3.05, 3.63) is 62.8 Å². The maximum Gasteiger partial charge on any atom is 0.269 e. The number of hydrogen-bond acceptors (Lipinski definition) is 3. The highest BCUT2D eigenvalue weighted by molar-refractivity contribution is 9.10. The predicted octanol–water partition coefficient (Wildman–Crippen LogP) is 4.03. The molecule has 0 aromatic heterocycles. The van der Waals surface area contributed by atoms with Gasteiger partial charge in [0.05, 0.1) is 11.5 Å². The van der Waals surface area contributed by atoms with Gasteiger partial charge >= 0.3 is 0 Å². The summed E-state index contributed by atoms with van der Waals surface area (Å²) in [7, 11) is 0. The standard InChI is InChI=1S/C24H26BrN3O2/c1-13-4-6-17-15(3)21(27-20(17)14(13)2)22(29)28-10-8-24(9-11-28)18-12-16(25)5-7-19(18)26-23(24)30/h4-7,12,17,20,27H,8-11H2,1-3H3,(H,26,30). The largest absolute Gasteiger partial charge is 0.373 e. The number of halogens is 1. The summed E-state index contributed by atoms with van der Waals surface area (Å²) in [6, 6.07) is 6.12. The third-order valence-corrected chi connectivity index (χ3v) is 7.99. The van der Waals surface area contributed by atoms with Crippen LogP contribution in [0.25, 0.3) is 0 Å². The molecule has 1 aromatic carbocycles. The van der Waals surface area contributed by atoms with Crippen LogP contribution in [0.3, 0.4) is 0 Å². The molecule has 2 unspecified atom stereocenters. The van der Waals surface area contributed by atoms with Gasteiger partial charge in [-0.1, -0.05) is 33.7 Å². The number of hydrogen-bond donors (Lipinski definition) is 2. The van der Waals surface area contributed by atoms with E-state index >= 15 is 0 Å². The number of piperidine rings is 1. The molecule has 6 heteroatoms. The van der Waals surface area contributed by atoms with Crippen molar-refractivity contribution >= 4 is 33.4 Å². The van der Waals surface area contributed by atoms with E-state index in [-0.39, 0.29) is 23.8 Å². The van der Waals surface area contributed by atoms with Crippen LogP contribution in [0.5, 0.6) is 0 Å². The summed E-state index contributed by atoms with van der Waals surface area (Å²) in [5.41, 5.74) is 5.83. The lowest BCUT2D eigenvalue weighted by Gasteiger charge is -2.38. The average molecular weight is 468 g/mol. The van der Waals surface area contributed by atoms with Gasteiger partial charge in [0.25, 0.3) is 5.91 Å². The minimum atomic E-state index is -0.532. The Balaban J connectivity index is 1.36. The third kappa shape index (κ3) is 2.73. The Morgan fingerprint density at radius 2 is 1.90 bits per heavy atom. The molecule has 1 aromatic rings. The van der Waals surface area contributed by atoms with Gasteiger partial charge in [-0.05, 0) is 68.5 Å². The highest BCUT2D eigenvalue weighted by atomic mass is 79.9. The van der Waals surface area contributed by atoms with Gasteiger partial charge in [-0.25, -0.2) is 0 Å². The molecular formula is C24H26BrN3O2. The van der Waals surface area contributed by atoms with E-state index in [1.807, 2.05) is 23.1 Å². The minimum absolute atomic E-state index is 0.0588. The summed E-state index contributed by atoms with van der Waals surface area (Å²) in [6.07, 6.45) is 5.66. The van der Waals surface area contributed by atoms with E-state index in [2.05, 4.69) is 59.5 Å². The lowest BCUT2D eigenvalue weighted by atomic mass is 9.73. The second-order valence-electron chi connectivity index (χ2n) is 8.95. The number of anilines is 1. The first-order chi connectivity index (χ1) is 14.3. The Kier molecular flexibility index (Phi) is 4.47. The average Bonchev–Trinajstić information content (AvgIpc) is 3.20. The number of likely N-dealkylation sites (tertiary alicyclic amines) is 1. The smallest absolute Gasteiger partial charge is 0.269 e. The second-order valence-corrected chi connectivity index (χ2v) is 9.86. The normalized spacial score (nSPS) is 26.7. The number of benzene rings is 1. The molecule has 1 spiro atoms. The van der Waals surface area contributed by atoms with E-state index in [0.29, 0.717) is 25.9 Å². The topological polar surface area (TPSA) is 61.4 Å². The van der Waals surface area contributed by atoms with Crippen LogP contribution >= 0.6 is 15.9 Å². The molecule has 1 fully saturated rings. The van der Waals surface area contributed by atoms with Crippen molar-refractivity contribution in [2.75, 3.05) is 18.4 Å². The molecule has 0 radical (unpaired) electrons. The molecule has 3 aliphatic heterocycles. The molecule has 5 nitrogen and oxygen atoms in total. The molecule has 2 atom stereocenters. The van der Waals surface area contributed by atoms with Crippen LogP contribution in [0, 0.1) is 5.92 Å². The monoisotopic (exact) mass is 467 g/mol. The molecule has 5 rings (SSSR count). The zero-order valence-electron chi connectivity index (χ0n) is 17.5. The van der Waals surface area contributed by atoms with Crippen molar-refractivity contribution in [2.45, 2.75) is 45.1 Å². The van der Waals surface area contributed by atoms with E-state index < -0.39 is 5.41 Å². The molecule has 3 heterocycles. The number of fused-ring (bicyclic) bond motifs is 3. The molecule has 0 saturated carbocycles. The van der Waals surface area contributed by atoms with Crippen molar-refractivity contribution in [3.8, 4) is 0 Å². The van der Waals surface area contributed by atoms with E-state index in [1.54, 1.807) is 0 Å². The zero-order valence-corrected chi connectivity index (χ0v) is 19.1. The van der Waals surface area contributed by atoms with Crippen LogP contribution < -0.4 is 10.6 Å². The van der Waals surface area contributed by atoms with E-state index in [0.717, 1.165) is 27.0 Å². The van der Waals surface area contributed by atoms with Crippen molar-refractivity contribution < 1.29 is 9.59 Å². The summed E-state index contributed by atoms with van der Waals surface area (Å²) < 4.78 is 0.973. The van der Waals surface area contributed by atoms with Gasteiger partial charge < -0.3 is 15.5 Å². The Bertz CT molecular complexity index is 1060. The molecule has 30 heavy (non-hydrogen) atoms. The van der Waals surface area contributed by atoms with E-state index in [4.69, 9.17) is 0 Å². The number of nitrogens with one attached hydrogen (secondary N) is 2. The first-order valence-corrected chi connectivity index (χ1v) is 11.3. The highest BCUT2D eigenvalue weighted by Crippen LogP contribution is 2.46. The molecule has 156 valence electrons. The SMILES string of the molecule is CC1=C(C)C2NC(C(=O)N3CCC4(CC3)C(=O)Nc3ccc(Br)cc34)=C(C)C2C=C1. The van der Waals surface area contributed by atoms with Crippen molar-refractivity contribution in [3.63, 3.8) is 0 Å². The molecule has 4 aliphatic rings. The number of allylic oxidation sites excluding steroid dienone is 2. The quantitative estimate of drug-likeness (QED) is 0.655. The van der Waals surface area contributed by atoms with Crippen LogP contribution in [0.15, 0.2) is 57.2 Å². The first kappa shape index (κ1) is 19.6. The minimum Gasteiger partial charge on any atom is -0.373 e. The molecule has 2 N–H and O–H groups in total. The fraction of sp³-hybridized carbons (Fsp3) is 0.417. The fourth-order valence-electron chi connectivity index (χ4n) is 5.40. The van der Waals surface area contributed by atoms with Gasteiger partial charge in [0.1, 0.15) is 5.70 Å². The molecular weight excluding hydrogens is 442 g/mol. The molecule has 1 aliphatic carbocycles. The van der Waals surface area contributed by atoms with Gasteiger partial charge in [-0.15, -0.1) is 0 Å². The van der Waals surface area contributed by atoms with E-state index in [9.17, 15) is 9.59 Å². The van der Waals surface area contributed by atoms with Gasteiger partial charge in [0.2, 0.25) is 5.91 Å². The van der Waals surface area contributed by atoms with Gasteiger partial charge in [-0.2, -0.15) is 0 Å².